The molecule has 30 heavy (non-hydrogen) atoms. The minimum absolute atomic E-state index is 0.322. The molecule has 0 aromatic carbocycles. The van der Waals surface area contributed by atoms with Gasteiger partial charge in [0, 0.05) is 51.7 Å². The van der Waals surface area contributed by atoms with Crippen LogP contribution in [0.2, 0.25) is 0 Å². The average Bonchev–Trinajstić information content (AvgIpc) is 3.32. The second-order valence-corrected chi connectivity index (χ2v) is 8.42. The van der Waals surface area contributed by atoms with Crippen molar-refractivity contribution >= 4 is 23.2 Å². The molecule has 0 spiro atoms. The number of aliphatic imine (C=N–C) groups is 1. The maximum absolute atomic E-state index is 10.7. The van der Waals surface area contributed by atoms with E-state index in [-0.39, 0.29) is 0 Å². The van der Waals surface area contributed by atoms with Gasteiger partial charge in [0.1, 0.15) is 5.60 Å². The van der Waals surface area contributed by atoms with Gasteiger partial charge >= 0.3 is 0 Å². The number of hydrogen-bond donors (Lipinski definition) is 3. The molecule has 2 aromatic heterocycles. The van der Waals surface area contributed by atoms with Gasteiger partial charge < -0.3 is 20.6 Å². The Kier molecular flexibility index (Phi) is 8.41. The Balaban J connectivity index is 1.38. The SMILES string of the molecule is CCNC(=NCC(C)(O)c1ccsc1)NCCCN1CCN(c2ncccn2)CC1. The van der Waals surface area contributed by atoms with Gasteiger partial charge in [-0.2, -0.15) is 11.3 Å². The van der Waals surface area contributed by atoms with Crippen LogP contribution in [0.3, 0.4) is 0 Å². The Morgan fingerprint density at radius 1 is 1.23 bits per heavy atom. The highest BCUT2D eigenvalue weighted by molar-refractivity contribution is 7.08. The zero-order chi connectivity index (χ0) is 21.2. The number of piperazine rings is 1. The van der Waals surface area contributed by atoms with Crippen molar-refractivity contribution in [2.75, 3.05) is 57.3 Å². The molecule has 9 heteroatoms. The van der Waals surface area contributed by atoms with Crippen LogP contribution >= 0.6 is 11.3 Å². The van der Waals surface area contributed by atoms with Crippen molar-refractivity contribution in [1.82, 2.24) is 25.5 Å². The van der Waals surface area contributed by atoms with Crippen LogP contribution in [0.25, 0.3) is 0 Å². The number of nitrogens with zero attached hydrogens (tertiary/aromatic N) is 5. The van der Waals surface area contributed by atoms with Gasteiger partial charge in [0.25, 0.3) is 0 Å². The number of rotatable bonds is 9. The number of thiophene rings is 1. The molecule has 0 bridgehead atoms. The molecule has 0 saturated carbocycles. The van der Waals surface area contributed by atoms with Crippen molar-refractivity contribution in [3.05, 3.63) is 40.8 Å². The molecular formula is C21H33N7OS. The molecule has 1 saturated heterocycles. The molecule has 0 aliphatic carbocycles. The van der Waals surface area contributed by atoms with Gasteiger partial charge in [0.2, 0.25) is 5.95 Å². The van der Waals surface area contributed by atoms with E-state index in [9.17, 15) is 5.11 Å². The molecule has 3 N–H and O–H groups in total. The van der Waals surface area contributed by atoms with Crippen molar-refractivity contribution < 1.29 is 5.11 Å². The number of aromatic nitrogens is 2. The third-order valence-corrected chi connectivity index (χ3v) is 5.87. The molecule has 3 heterocycles. The Morgan fingerprint density at radius 3 is 2.67 bits per heavy atom. The number of aliphatic hydroxyl groups is 1. The number of guanidine groups is 1. The lowest BCUT2D eigenvalue weighted by Crippen LogP contribution is -2.47. The van der Waals surface area contributed by atoms with Crippen LogP contribution in [0.5, 0.6) is 0 Å². The zero-order valence-corrected chi connectivity index (χ0v) is 18.7. The predicted octanol–water partition coefficient (Wildman–Crippen LogP) is 1.51. The van der Waals surface area contributed by atoms with E-state index in [4.69, 9.17) is 0 Å². The molecule has 0 radical (unpaired) electrons. The van der Waals surface area contributed by atoms with Crippen molar-refractivity contribution in [3.8, 4) is 0 Å². The smallest absolute Gasteiger partial charge is 0.225 e. The van der Waals surface area contributed by atoms with E-state index in [1.54, 1.807) is 23.7 Å². The second kappa shape index (κ2) is 11.2. The summed E-state index contributed by atoms with van der Waals surface area (Å²) in [6.45, 7) is 10.8. The fourth-order valence-electron chi connectivity index (χ4n) is 3.37. The molecule has 1 aliphatic heterocycles. The van der Waals surface area contributed by atoms with Crippen LogP contribution in [-0.2, 0) is 5.60 Å². The third-order valence-electron chi connectivity index (χ3n) is 5.18. The Hall–Kier alpha value is -2.23. The van der Waals surface area contributed by atoms with Crippen LogP contribution < -0.4 is 15.5 Å². The second-order valence-electron chi connectivity index (χ2n) is 7.64. The van der Waals surface area contributed by atoms with E-state index in [0.29, 0.717) is 6.54 Å². The Morgan fingerprint density at radius 2 is 2.00 bits per heavy atom. The van der Waals surface area contributed by atoms with Gasteiger partial charge in [0.15, 0.2) is 5.96 Å². The largest absolute Gasteiger partial charge is 0.383 e. The lowest BCUT2D eigenvalue weighted by Gasteiger charge is -2.34. The molecule has 1 atom stereocenters. The highest BCUT2D eigenvalue weighted by atomic mass is 32.1. The summed E-state index contributed by atoms with van der Waals surface area (Å²) in [6.07, 6.45) is 4.63. The summed E-state index contributed by atoms with van der Waals surface area (Å²) < 4.78 is 0. The Labute approximate surface area is 183 Å². The maximum Gasteiger partial charge on any atom is 0.225 e. The number of hydrogen-bond acceptors (Lipinski definition) is 7. The summed E-state index contributed by atoms with van der Waals surface area (Å²) in [4.78, 5) is 18.0. The van der Waals surface area contributed by atoms with E-state index in [2.05, 4.69) is 35.4 Å². The molecule has 3 rings (SSSR count). The van der Waals surface area contributed by atoms with Gasteiger partial charge in [-0.1, -0.05) is 0 Å². The van der Waals surface area contributed by atoms with Crippen LogP contribution in [0.4, 0.5) is 5.95 Å². The molecule has 1 unspecified atom stereocenters. The minimum atomic E-state index is -0.954. The first-order chi connectivity index (χ1) is 14.6. The number of nitrogens with one attached hydrogen (secondary N) is 2. The van der Waals surface area contributed by atoms with Crippen molar-refractivity contribution in [2.45, 2.75) is 25.9 Å². The van der Waals surface area contributed by atoms with Crippen LogP contribution in [-0.4, -0.2) is 78.3 Å². The summed E-state index contributed by atoms with van der Waals surface area (Å²) in [5.41, 5.74) is -0.0445. The predicted molar refractivity (Wildman–Crippen MR) is 123 cm³/mol. The van der Waals surface area contributed by atoms with Crippen LogP contribution in [0.1, 0.15) is 25.8 Å². The van der Waals surface area contributed by atoms with Gasteiger partial charge in [-0.05, 0) is 55.3 Å². The normalized spacial score (nSPS) is 17.6. The minimum Gasteiger partial charge on any atom is -0.383 e. The van der Waals surface area contributed by atoms with Gasteiger partial charge in [-0.15, -0.1) is 0 Å². The van der Waals surface area contributed by atoms with Gasteiger partial charge in [-0.25, -0.2) is 15.0 Å². The first kappa shape index (κ1) is 22.5. The van der Waals surface area contributed by atoms with E-state index < -0.39 is 5.60 Å². The van der Waals surface area contributed by atoms with Gasteiger partial charge in [-0.3, -0.25) is 4.90 Å². The van der Waals surface area contributed by atoms with Crippen molar-refractivity contribution in [2.24, 2.45) is 4.99 Å². The first-order valence-corrected chi connectivity index (χ1v) is 11.5. The van der Waals surface area contributed by atoms with Crippen LogP contribution in [0, 0.1) is 0 Å². The third kappa shape index (κ3) is 6.65. The summed E-state index contributed by atoms with van der Waals surface area (Å²) in [5, 5.41) is 21.3. The Bertz CT molecular complexity index is 759. The fourth-order valence-corrected chi connectivity index (χ4v) is 4.16. The van der Waals surface area contributed by atoms with Crippen molar-refractivity contribution in [1.29, 1.82) is 0 Å². The summed E-state index contributed by atoms with van der Waals surface area (Å²) in [6, 6.07) is 3.80. The molecule has 0 amide bonds. The molecule has 1 aliphatic rings. The lowest BCUT2D eigenvalue weighted by atomic mass is 10.00. The number of anilines is 1. The highest BCUT2D eigenvalue weighted by Crippen LogP contribution is 2.23. The molecule has 8 nitrogen and oxygen atoms in total. The lowest BCUT2D eigenvalue weighted by molar-refractivity contribution is 0.0677. The quantitative estimate of drug-likeness (QED) is 0.315. The molecule has 1 fully saturated rings. The van der Waals surface area contributed by atoms with E-state index >= 15 is 0 Å². The summed E-state index contributed by atoms with van der Waals surface area (Å²) in [5.74, 6) is 1.57. The fraction of sp³-hybridized carbons (Fsp3) is 0.571. The summed E-state index contributed by atoms with van der Waals surface area (Å²) in [7, 11) is 0. The highest BCUT2D eigenvalue weighted by Gasteiger charge is 2.23. The first-order valence-electron chi connectivity index (χ1n) is 10.6. The molecule has 164 valence electrons. The van der Waals surface area contributed by atoms with Gasteiger partial charge in [0.05, 0.1) is 6.54 Å². The average molecular weight is 432 g/mol. The van der Waals surface area contributed by atoms with E-state index in [1.165, 1.54) is 0 Å². The van der Waals surface area contributed by atoms with E-state index in [0.717, 1.165) is 69.7 Å². The monoisotopic (exact) mass is 431 g/mol. The standard InChI is InChI=1S/C21H33N7OS/c1-3-22-19(26-17-21(2,29)18-6-15-30-16-18)23-9-5-10-27-11-13-28(14-12-27)20-24-7-4-8-25-20/h4,6-8,15-16,29H,3,5,9-14,17H2,1-2H3,(H2,22,23,26). The maximum atomic E-state index is 10.7. The van der Waals surface area contributed by atoms with Crippen molar-refractivity contribution in [3.63, 3.8) is 0 Å². The van der Waals surface area contributed by atoms with E-state index in [1.807, 2.05) is 36.7 Å². The van der Waals surface area contributed by atoms with Crippen LogP contribution in [0.15, 0.2) is 40.3 Å². The summed E-state index contributed by atoms with van der Waals surface area (Å²) >= 11 is 1.59. The topological polar surface area (TPSA) is 88.9 Å². The molecule has 2 aromatic rings. The molecular weight excluding hydrogens is 398 g/mol. The zero-order valence-electron chi connectivity index (χ0n) is 17.9.